The quantitative estimate of drug-likeness (QED) is 0.583. The normalized spacial score (nSPS) is 14.1. The largest absolute Gasteiger partial charge is 0.493 e. The molecule has 1 fully saturated rings. The van der Waals surface area contributed by atoms with E-state index in [9.17, 15) is 14.4 Å². The van der Waals surface area contributed by atoms with Gasteiger partial charge in [-0.1, -0.05) is 0 Å². The average Bonchev–Trinajstić information content (AvgIpc) is 2.78. The highest BCUT2D eigenvalue weighted by Gasteiger charge is 2.18. The van der Waals surface area contributed by atoms with E-state index in [-0.39, 0.29) is 11.4 Å². The number of ether oxygens (including phenoxy) is 2. The Morgan fingerprint density at radius 2 is 1.73 bits per heavy atom. The van der Waals surface area contributed by atoms with E-state index in [0.717, 1.165) is 5.69 Å². The highest BCUT2D eigenvalue weighted by molar-refractivity contribution is 6.06. The Labute approximate surface area is 174 Å². The lowest BCUT2D eigenvalue weighted by molar-refractivity contribution is -0.112. The van der Waals surface area contributed by atoms with Crippen LogP contribution in [0.4, 0.5) is 15.8 Å². The number of carbonyl (C=O) groups is 1. The monoisotopic (exact) mass is 410 g/mol. The zero-order valence-electron chi connectivity index (χ0n) is 16.9. The van der Waals surface area contributed by atoms with Gasteiger partial charge in [-0.25, -0.2) is 4.39 Å². The number of methoxy groups -OCH3 is 2. The molecule has 0 saturated carbocycles. The van der Waals surface area contributed by atoms with Crippen molar-refractivity contribution >= 4 is 17.3 Å². The lowest BCUT2D eigenvalue weighted by Crippen LogP contribution is -2.44. The molecule has 1 amide bonds. The first-order valence-electron chi connectivity index (χ1n) is 9.44. The number of nitriles is 1. The topological polar surface area (TPSA) is 77.8 Å². The number of benzene rings is 2. The second-order valence-electron chi connectivity index (χ2n) is 6.68. The Bertz CT molecular complexity index is 961. The van der Waals surface area contributed by atoms with Crippen molar-refractivity contribution in [2.45, 2.75) is 0 Å². The molecule has 1 N–H and O–H groups in total. The van der Waals surface area contributed by atoms with E-state index in [1.807, 2.05) is 11.0 Å². The minimum atomic E-state index is -0.495. The van der Waals surface area contributed by atoms with Crippen LogP contribution in [0.1, 0.15) is 0 Å². The molecule has 0 aliphatic carbocycles. The van der Waals surface area contributed by atoms with Gasteiger partial charge in [0, 0.05) is 49.8 Å². The summed E-state index contributed by atoms with van der Waals surface area (Å²) in [5, 5.41) is 12.2. The summed E-state index contributed by atoms with van der Waals surface area (Å²) in [5.74, 6) is 0.269. The van der Waals surface area contributed by atoms with Gasteiger partial charge in [0.05, 0.1) is 14.2 Å². The van der Waals surface area contributed by atoms with Crippen LogP contribution >= 0.6 is 0 Å². The summed E-state index contributed by atoms with van der Waals surface area (Å²) >= 11 is 0. The number of anilines is 2. The fourth-order valence-electron chi connectivity index (χ4n) is 3.19. The van der Waals surface area contributed by atoms with E-state index in [1.165, 1.54) is 26.4 Å². The lowest BCUT2D eigenvalue weighted by Gasteiger charge is -2.35. The maximum absolute atomic E-state index is 13.1. The molecule has 0 aromatic heterocycles. The number of carbonyl (C=O) groups excluding carboxylic acids is 1. The number of rotatable bonds is 6. The Hall–Kier alpha value is -3.73. The molecule has 0 radical (unpaired) electrons. The van der Waals surface area contributed by atoms with Crippen LogP contribution in [0.5, 0.6) is 11.5 Å². The summed E-state index contributed by atoms with van der Waals surface area (Å²) in [6, 6.07) is 13.3. The number of nitrogens with one attached hydrogen (secondary N) is 1. The number of nitrogens with zero attached hydrogens (tertiary/aromatic N) is 3. The molecular formula is C22H23FN4O3. The molecule has 30 heavy (non-hydrogen) atoms. The van der Waals surface area contributed by atoms with Gasteiger partial charge >= 0.3 is 0 Å². The van der Waals surface area contributed by atoms with E-state index in [2.05, 4.69) is 10.2 Å². The summed E-state index contributed by atoms with van der Waals surface area (Å²) in [7, 11) is 3.04. The molecule has 1 saturated heterocycles. The molecule has 3 rings (SSSR count). The molecule has 0 unspecified atom stereocenters. The highest BCUT2D eigenvalue weighted by Crippen LogP contribution is 2.29. The second-order valence-corrected chi connectivity index (χ2v) is 6.68. The number of hydrogen-bond acceptors (Lipinski definition) is 6. The molecule has 0 atom stereocenters. The second kappa shape index (κ2) is 9.65. The van der Waals surface area contributed by atoms with Gasteiger partial charge in [0.1, 0.15) is 17.5 Å². The Morgan fingerprint density at radius 3 is 2.33 bits per heavy atom. The average molecular weight is 410 g/mol. The van der Waals surface area contributed by atoms with E-state index >= 15 is 0 Å². The van der Waals surface area contributed by atoms with Crippen molar-refractivity contribution in [1.82, 2.24) is 4.90 Å². The molecule has 1 heterocycles. The van der Waals surface area contributed by atoms with E-state index in [1.54, 1.807) is 36.5 Å². The summed E-state index contributed by atoms with van der Waals surface area (Å²) in [4.78, 5) is 16.6. The molecule has 1 aliphatic heterocycles. The van der Waals surface area contributed by atoms with Gasteiger partial charge in [-0.3, -0.25) is 4.79 Å². The van der Waals surface area contributed by atoms with Crippen LogP contribution in [0.3, 0.4) is 0 Å². The van der Waals surface area contributed by atoms with Crippen molar-refractivity contribution in [3.63, 3.8) is 0 Å². The summed E-state index contributed by atoms with van der Waals surface area (Å²) in [5.41, 5.74) is 1.46. The molecule has 8 heteroatoms. The summed E-state index contributed by atoms with van der Waals surface area (Å²) in [6.45, 7) is 2.70. The number of amides is 1. The van der Waals surface area contributed by atoms with Crippen LogP contribution < -0.4 is 19.7 Å². The fraction of sp³-hybridized carbons (Fsp3) is 0.273. The van der Waals surface area contributed by atoms with Crippen molar-refractivity contribution in [2.75, 3.05) is 50.6 Å². The first kappa shape index (κ1) is 21.0. The van der Waals surface area contributed by atoms with Crippen molar-refractivity contribution in [1.29, 1.82) is 5.26 Å². The minimum Gasteiger partial charge on any atom is -0.493 e. The maximum Gasteiger partial charge on any atom is 0.267 e. The van der Waals surface area contributed by atoms with Gasteiger partial charge in [-0.05, 0) is 36.4 Å². The molecule has 2 aromatic rings. The van der Waals surface area contributed by atoms with Crippen LogP contribution in [-0.2, 0) is 4.79 Å². The molecule has 7 nitrogen and oxygen atoms in total. The Kier molecular flexibility index (Phi) is 6.75. The predicted octanol–water partition coefficient (Wildman–Crippen LogP) is 3.01. The number of halogens is 1. The molecule has 156 valence electrons. The van der Waals surface area contributed by atoms with Crippen molar-refractivity contribution in [3.8, 4) is 17.6 Å². The first-order valence-corrected chi connectivity index (χ1v) is 9.44. The van der Waals surface area contributed by atoms with Gasteiger partial charge in [0.25, 0.3) is 5.91 Å². The van der Waals surface area contributed by atoms with Crippen LogP contribution in [0.2, 0.25) is 0 Å². The van der Waals surface area contributed by atoms with Crippen LogP contribution in [0.15, 0.2) is 54.2 Å². The third-order valence-corrected chi connectivity index (χ3v) is 4.82. The van der Waals surface area contributed by atoms with Gasteiger partial charge in [0.2, 0.25) is 0 Å². The smallest absolute Gasteiger partial charge is 0.267 e. The van der Waals surface area contributed by atoms with E-state index in [0.29, 0.717) is 43.4 Å². The van der Waals surface area contributed by atoms with E-state index in [4.69, 9.17) is 9.47 Å². The standard InChI is InChI=1S/C22H23FN4O3/c1-29-20-8-5-18(13-21(20)30-2)25-22(28)16(14-24)15-26-9-11-27(12-10-26)19-6-3-17(23)4-7-19/h3-8,13,15H,9-12H2,1-2H3,(H,25,28)/b16-15-. The lowest BCUT2D eigenvalue weighted by atomic mass is 10.2. The van der Waals surface area contributed by atoms with Crippen molar-refractivity contribution in [2.24, 2.45) is 0 Å². The van der Waals surface area contributed by atoms with Crippen LogP contribution in [0, 0.1) is 17.1 Å². The van der Waals surface area contributed by atoms with Crippen LogP contribution in [0.25, 0.3) is 0 Å². The Balaban J connectivity index is 1.62. The SMILES string of the molecule is COc1ccc(NC(=O)/C(C#N)=C\N2CCN(c3ccc(F)cc3)CC2)cc1OC. The molecule has 2 aromatic carbocycles. The van der Waals surface area contributed by atoms with Crippen molar-refractivity contribution in [3.05, 3.63) is 60.1 Å². The minimum absolute atomic E-state index is 0.0139. The molecular weight excluding hydrogens is 387 g/mol. The third-order valence-electron chi connectivity index (χ3n) is 4.82. The molecule has 1 aliphatic rings. The first-order chi connectivity index (χ1) is 14.5. The Morgan fingerprint density at radius 1 is 1.07 bits per heavy atom. The van der Waals surface area contributed by atoms with Crippen molar-refractivity contribution < 1.29 is 18.7 Å². The zero-order chi connectivity index (χ0) is 21.5. The fourth-order valence-corrected chi connectivity index (χ4v) is 3.19. The summed E-state index contributed by atoms with van der Waals surface area (Å²) in [6.07, 6.45) is 1.58. The predicted molar refractivity (Wildman–Crippen MR) is 112 cm³/mol. The summed E-state index contributed by atoms with van der Waals surface area (Å²) < 4.78 is 23.5. The van der Waals surface area contributed by atoms with Crippen LogP contribution in [-0.4, -0.2) is 51.2 Å². The highest BCUT2D eigenvalue weighted by atomic mass is 19.1. The molecule has 0 bridgehead atoms. The number of piperazine rings is 1. The van der Waals surface area contributed by atoms with Gasteiger partial charge in [0.15, 0.2) is 11.5 Å². The zero-order valence-corrected chi connectivity index (χ0v) is 16.9. The van der Waals surface area contributed by atoms with E-state index < -0.39 is 5.91 Å². The van der Waals surface area contributed by atoms with Gasteiger partial charge in [-0.2, -0.15) is 5.26 Å². The molecule has 0 spiro atoms. The van der Waals surface area contributed by atoms with Gasteiger partial charge < -0.3 is 24.6 Å². The third kappa shape index (κ3) is 5.00. The number of hydrogen-bond donors (Lipinski definition) is 1. The van der Waals surface area contributed by atoms with Gasteiger partial charge in [-0.15, -0.1) is 0 Å². The maximum atomic E-state index is 13.1.